The van der Waals surface area contributed by atoms with Gasteiger partial charge in [-0.1, -0.05) is 24.3 Å². The van der Waals surface area contributed by atoms with E-state index in [0.717, 1.165) is 21.5 Å². The van der Waals surface area contributed by atoms with Gasteiger partial charge in [0.2, 0.25) is 0 Å². The first-order valence-corrected chi connectivity index (χ1v) is 6.65. The molecule has 0 aromatic heterocycles. The molecular weight excluding hydrogens is 290 g/mol. The van der Waals surface area contributed by atoms with Crippen molar-refractivity contribution in [1.29, 1.82) is 0 Å². The molecule has 94 valence electrons. The molecule has 0 heterocycles. The second kappa shape index (κ2) is 5.55. The summed E-state index contributed by atoms with van der Waals surface area (Å²) in [7, 11) is 0. The molecule has 0 spiro atoms. The van der Waals surface area contributed by atoms with Crippen molar-refractivity contribution in [2.45, 2.75) is 19.9 Å². The third kappa shape index (κ3) is 2.92. The first-order valence-electron chi connectivity index (χ1n) is 5.86. The number of aryl methyl sites for hydroxylation is 1. The van der Waals surface area contributed by atoms with Crippen molar-refractivity contribution >= 4 is 15.9 Å². The Bertz CT molecular complexity index is 552. The standard InChI is InChI=1S/C15H16BrNO/c1-10-7-8-15(13(16)9-10)18-14-6-4-3-5-12(14)11(2)17/h3-9,11H,17H2,1-2H3/t11-/m1/s1. The summed E-state index contributed by atoms with van der Waals surface area (Å²) < 4.78 is 6.88. The van der Waals surface area contributed by atoms with Crippen LogP contribution in [0.1, 0.15) is 24.1 Å². The monoisotopic (exact) mass is 305 g/mol. The van der Waals surface area contributed by atoms with Crippen LogP contribution in [0.3, 0.4) is 0 Å². The minimum atomic E-state index is -0.0505. The highest BCUT2D eigenvalue weighted by atomic mass is 79.9. The van der Waals surface area contributed by atoms with Crippen LogP contribution in [0, 0.1) is 6.92 Å². The molecule has 2 aromatic rings. The smallest absolute Gasteiger partial charge is 0.141 e. The van der Waals surface area contributed by atoms with Gasteiger partial charge in [0.1, 0.15) is 11.5 Å². The van der Waals surface area contributed by atoms with Crippen molar-refractivity contribution in [3.8, 4) is 11.5 Å². The van der Waals surface area contributed by atoms with Gasteiger partial charge in [0.05, 0.1) is 4.47 Å². The van der Waals surface area contributed by atoms with E-state index in [2.05, 4.69) is 15.9 Å². The van der Waals surface area contributed by atoms with Crippen LogP contribution in [0.2, 0.25) is 0 Å². The summed E-state index contributed by atoms with van der Waals surface area (Å²) in [5.74, 6) is 1.60. The minimum absolute atomic E-state index is 0.0505. The molecule has 0 saturated carbocycles. The van der Waals surface area contributed by atoms with Crippen molar-refractivity contribution in [2.24, 2.45) is 5.73 Å². The minimum Gasteiger partial charge on any atom is -0.456 e. The fourth-order valence-corrected chi connectivity index (χ4v) is 2.33. The molecule has 2 nitrogen and oxygen atoms in total. The lowest BCUT2D eigenvalue weighted by Crippen LogP contribution is -2.06. The second-order valence-corrected chi connectivity index (χ2v) is 5.22. The van der Waals surface area contributed by atoms with Crippen LogP contribution in [0.4, 0.5) is 0 Å². The average molecular weight is 306 g/mol. The van der Waals surface area contributed by atoms with Gasteiger partial charge in [-0.05, 0) is 53.5 Å². The highest BCUT2D eigenvalue weighted by Gasteiger charge is 2.09. The summed E-state index contributed by atoms with van der Waals surface area (Å²) in [6.45, 7) is 4.00. The fourth-order valence-electron chi connectivity index (χ4n) is 1.76. The van der Waals surface area contributed by atoms with Gasteiger partial charge in [-0.15, -0.1) is 0 Å². The number of para-hydroxylation sites is 1. The molecule has 3 heteroatoms. The highest BCUT2D eigenvalue weighted by Crippen LogP contribution is 2.33. The zero-order chi connectivity index (χ0) is 13.1. The molecule has 0 amide bonds. The number of hydrogen-bond acceptors (Lipinski definition) is 2. The first-order chi connectivity index (χ1) is 8.58. The van der Waals surface area contributed by atoms with E-state index in [4.69, 9.17) is 10.5 Å². The van der Waals surface area contributed by atoms with E-state index in [9.17, 15) is 0 Å². The molecule has 2 N–H and O–H groups in total. The van der Waals surface area contributed by atoms with Gasteiger partial charge in [0.15, 0.2) is 0 Å². The molecular formula is C15H16BrNO. The Morgan fingerprint density at radius 3 is 2.50 bits per heavy atom. The number of hydrogen-bond donors (Lipinski definition) is 1. The van der Waals surface area contributed by atoms with Crippen molar-refractivity contribution in [3.63, 3.8) is 0 Å². The summed E-state index contributed by atoms with van der Waals surface area (Å²) in [4.78, 5) is 0. The first kappa shape index (κ1) is 13.1. The Morgan fingerprint density at radius 1 is 1.11 bits per heavy atom. The fraction of sp³-hybridized carbons (Fsp3) is 0.200. The third-order valence-corrected chi connectivity index (χ3v) is 3.34. The van der Waals surface area contributed by atoms with Gasteiger partial charge in [0, 0.05) is 11.6 Å². The van der Waals surface area contributed by atoms with E-state index in [1.54, 1.807) is 0 Å². The Morgan fingerprint density at radius 2 is 1.83 bits per heavy atom. The molecule has 1 atom stereocenters. The molecule has 18 heavy (non-hydrogen) atoms. The Kier molecular flexibility index (Phi) is 4.04. The highest BCUT2D eigenvalue weighted by molar-refractivity contribution is 9.10. The van der Waals surface area contributed by atoms with E-state index in [1.807, 2.05) is 56.3 Å². The number of halogens is 1. The maximum atomic E-state index is 5.94. The lowest BCUT2D eigenvalue weighted by atomic mass is 10.1. The summed E-state index contributed by atoms with van der Waals surface area (Å²) in [6, 6.07) is 13.8. The summed E-state index contributed by atoms with van der Waals surface area (Å²) >= 11 is 3.51. The van der Waals surface area contributed by atoms with Gasteiger partial charge in [-0.3, -0.25) is 0 Å². The predicted molar refractivity (Wildman–Crippen MR) is 78.0 cm³/mol. The topological polar surface area (TPSA) is 35.2 Å². The summed E-state index contributed by atoms with van der Waals surface area (Å²) in [5.41, 5.74) is 8.13. The summed E-state index contributed by atoms with van der Waals surface area (Å²) in [5, 5.41) is 0. The molecule has 0 aliphatic rings. The van der Waals surface area contributed by atoms with Crippen molar-refractivity contribution in [3.05, 3.63) is 58.1 Å². The van der Waals surface area contributed by atoms with Crippen LogP contribution in [0.15, 0.2) is 46.9 Å². The van der Waals surface area contributed by atoms with Gasteiger partial charge in [-0.25, -0.2) is 0 Å². The molecule has 2 rings (SSSR count). The SMILES string of the molecule is Cc1ccc(Oc2ccccc2[C@@H](C)N)c(Br)c1. The quantitative estimate of drug-likeness (QED) is 0.901. The maximum absolute atomic E-state index is 5.94. The van der Waals surface area contributed by atoms with Crippen LogP contribution in [-0.4, -0.2) is 0 Å². The van der Waals surface area contributed by atoms with E-state index >= 15 is 0 Å². The molecule has 0 saturated heterocycles. The maximum Gasteiger partial charge on any atom is 0.141 e. The largest absolute Gasteiger partial charge is 0.456 e. The number of benzene rings is 2. The van der Waals surface area contributed by atoms with Gasteiger partial charge >= 0.3 is 0 Å². The molecule has 2 aromatic carbocycles. The predicted octanol–water partition coefficient (Wildman–Crippen LogP) is 4.57. The molecule has 0 aliphatic carbocycles. The zero-order valence-corrected chi connectivity index (χ0v) is 12.1. The van der Waals surface area contributed by atoms with Crippen molar-refractivity contribution in [2.75, 3.05) is 0 Å². The van der Waals surface area contributed by atoms with E-state index in [0.29, 0.717) is 0 Å². The van der Waals surface area contributed by atoms with Crippen LogP contribution >= 0.6 is 15.9 Å². The van der Waals surface area contributed by atoms with Gasteiger partial charge < -0.3 is 10.5 Å². The van der Waals surface area contributed by atoms with Crippen molar-refractivity contribution < 1.29 is 4.74 Å². The van der Waals surface area contributed by atoms with Crippen molar-refractivity contribution in [1.82, 2.24) is 0 Å². The van der Waals surface area contributed by atoms with Crippen LogP contribution < -0.4 is 10.5 Å². The Hall–Kier alpha value is -1.32. The number of ether oxygens (including phenoxy) is 1. The number of nitrogens with two attached hydrogens (primary N) is 1. The molecule has 0 unspecified atom stereocenters. The van der Waals surface area contributed by atoms with Crippen LogP contribution in [0.5, 0.6) is 11.5 Å². The second-order valence-electron chi connectivity index (χ2n) is 4.36. The van der Waals surface area contributed by atoms with Crippen LogP contribution in [0.25, 0.3) is 0 Å². The third-order valence-electron chi connectivity index (χ3n) is 2.72. The lowest BCUT2D eigenvalue weighted by molar-refractivity contribution is 0.469. The van der Waals surface area contributed by atoms with E-state index in [1.165, 1.54) is 5.56 Å². The summed E-state index contributed by atoms with van der Waals surface area (Å²) in [6.07, 6.45) is 0. The van der Waals surface area contributed by atoms with E-state index in [-0.39, 0.29) is 6.04 Å². The number of rotatable bonds is 3. The zero-order valence-electron chi connectivity index (χ0n) is 10.5. The lowest BCUT2D eigenvalue weighted by Gasteiger charge is -2.14. The van der Waals surface area contributed by atoms with Gasteiger partial charge in [-0.2, -0.15) is 0 Å². The van der Waals surface area contributed by atoms with E-state index < -0.39 is 0 Å². The van der Waals surface area contributed by atoms with Crippen LogP contribution in [-0.2, 0) is 0 Å². The Balaban J connectivity index is 2.34. The Labute approximate surface area is 116 Å². The van der Waals surface area contributed by atoms with Gasteiger partial charge in [0.25, 0.3) is 0 Å². The molecule has 0 bridgehead atoms. The molecule has 0 aliphatic heterocycles. The molecule has 0 radical (unpaired) electrons. The normalized spacial score (nSPS) is 12.2. The average Bonchev–Trinajstić information content (AvgIpc) is 2.33. The molecule has 0 fully saturated rings.